The van der Waals surface area contributed by atoms with Crippen LogP contribution in [0.5, 0.6) is 0 Å². The number of hydrogen-bond donors (Lipinski definition) is 2. The summed E-state index contributed by atoms with van der Waals surface area (Å²) in [6, 6.07) is 0. The molecule has 0 aromatic carbocycles. The molecule has 2 N–H and O–H groups in total. The molecule has 48 valence electrons. The summed E-state index contributed by atoms with van der Waals surface area (Å²) >= 11 is 0. The monoisotopic (exact) mass is 155 g/mol. The Hall–Kier alpha value is 0.806. The van der Waals surface area contributed by atoms with Gasteiger partial charge >= 0.3 is 57.4 Å². The van der Waals surface area contributed by atoms with Crippen molar-refractivity contribution in [2.24, 2.45) is 0 Å². The predicted octanol–water partition coefficient (Wildman–Crippen LogP) is -3.04. The van der Waals surface area contributed by atoms with Crippen LogP contribution in [0, 0.1) is 0 Å². The Morgan fingerprint density at radius 1 is 1.89 bits per heavy atom. The van der Waals surface area contributed by atoms with E-state index in [-0.39, 0.29) is 59.4 Å². The Bertz CT molecular complexity index is 99.6. The van der Waals surface area contributed by atoms with Crippen molar-refractivity contribution >= 4 is 5.97 Å². The van der Waals surface area contributed by atoms with Gasteiger partial charge in [0.1, 0.15) is 0 Å². The number of hydrogen-bond acceptors (Lipinski definition) is 2. The quantitative estimate of drug-likeness (QED) is 0.258. The fourth-order valence-corrected chi connectivity index (χ4v) is 0.281. The van der Waals surface area contributed by atoms with Gasteiger partial charge in [-0.25, -0.2) is 0 Å². The summed E-state index contributed by atoms with van der Waals surface area (Å²) in [5, 5.41) is 10.7. The molecule has 3 nitrogen and oxygen atoms in total. The van der Waals surface area contributed by atoms with Crippen LogP contribution in [0.1, 0.15) is 1.43 Å². The van der Waals surface area contributed by atoms with Crippen molar-refractivity contribution in [3.05, 3.63) is 12.7 Å². The molecule has 4 heteroatoms. The third-order valence-electron chi connectivity index (χ3n) is 0.565. The molecule has 0 aliphatic carbocycles. The summed E-state index contributed by atoms with van der Waals surface area (Å²) in [6.07, 6.45) is 1.61. The first-order valence-corrected chi connectivity index (χ1v) is 2.30. The fourth-order valence-electron chi connectivity index (χ4n) is 0.281. The van der Waals surface area contributed by atoms with Crippen molar-refractivity contribution in [2.75, 3.05) is 13.1 Å². The van der Waals surface area contributed by atoms with Crippen molar-refractivity contribution in [1.82, 2.24) is 5.32 Å². The molecule has 0 heterocycles. The maximum absolute atomic E-state index is 9.78. The summed E-state index contributed by atoms with van der Waals surface area (Å²) in [5.74, 6) is -0.841. The van der Waals surface area contributed by atoms with E-state index in [0.29, 0.717) is 6.54 Å². The minimum Gasteiger partial charge on any atom is -1.00 e. The van der Waals surface area contributed by atoms with Crippen LogP contribution in [0.25, 0.3) is 0 Å². The van der Waals surface area contributed by atoms with Crippen LogP contribution in [0.3, 0.4) is 0 Å². The molecular formula is C5H10KNO2. The van der Waals surface area contributed by atoms with Gasteiger partial charge in [-0.2, -0.15) is 0 Å². The van der Waals surface area contributed by atoms with Gasteiger partial charge < -0.3 is 11.8 Å². The topological polar surface area (TPSA) is 49.3 Å². The predicted molar refractivity (Wildman–Crippen MR) is 31.8 cm³/mol. The molecule has 9 heavy (non-hydrogen) atoms. The second kappa shape index (κ2) is 8.81. The van der Waals surface area contributed by atoms with E-state index >= 15 is 0 Å². The molecule has 0 aromatic heterocycles. The molecule has 0 atom stereocenters. The average molecular weight is 155 g/mol. The molecule has 0 spiro atoms. The Kier molecular flexibility index (Phi) is 12.2. The van der Waals surface area contributed by atoms with Crippen LogP contribution in [0.2, 0.25) is 0 Å². The average Bonchev–Trinajstić information content (AvgIpc) is 1.66. The van der Waals surface area contributed by atoms with E-state index in [0.717, 1.165) is 0 Å². The van der Waals surface area contributed by atoms with Gasteiger partial charge in [0.2, 0.25) is 0 Å². The van der Waals surface area contributed by atoms with Crippen LogP contribution in [0.4, 0.5) is 0 Å². The molecule has 0 amide bonds. The summed E-state index contributed by atoms with van der Waals surface area (Å²) in [6.45, 7) is 3.96. The second-order valence-electron chi connectivity index (χ2n) is 1.31. The molecule has 0 saturated heterocycles. The SMILES string of the molecule is C=CCNCC(=O)O.[H-].[K+]. The Balaban J connectivity index is -0.000000245. The van der Waals surface area contributed by atoms with Gasteiger partial charge in [0, 0.05) is 6.54 Å². The zero-order chi connectivity index (χ0) is 6.41. The zero-order valence-corrected chi connectivity index (χ0v) is 8.68. The third-order valence-corrected chi connectivity index (χ3v) is 0.565. The Morgan fingerprint density at radius 2 is 2.44 bits per heavy atom. The Labute approximate surface area is 98.4 Å². The first-order chi connectivity index (χ1) is 3.77. The van der Waals surface area contributed by atoms with Crippen LogP contribution in [0.15, 0.2) is 12.7 Å². The Morgan fingerprint density at radius 3 is 2.78 bits per heavy atom. The number of carboxylic acids is 1. The molecule has 0 aliphatic heterocycles. The maximum Gasteiger partial charge on any atom is 1.00 e. The van der Waals surface area contributed by atoms with E-state index < -0.39 is 5.97 Å². The van der Waals surface area contributed by atoms with Gasteiger partial charge in [0.05, 0.1) is 6.54 Å². The van der Waals surface area contributed by atoms with Gasteiger partial charge in [0.25, 0.3) is 0 Å². The standard InChI is InChI=1S/C5H9NO2.K.H/c1-2-3-6-4-5(7)8;;/h2,6H,1,3-4H2,(H,7,8);;/q;+1;-1. The van der Waals surface area contributed by atoms with Crippen molar-refractivity contribution in [1.29, 1.82) is 0 Å². The van der Waals surface area contributed by atoms with Crippen LogP contribution in [-0.2, 0) is 4.79 Å². The fraction of sp³-hybridized carbons (Fsp3) is 0.400. The second-order valence-corrected chi connectivity index (χ2v) is 1.31. The molecule has 0 aromatic rings. The first-order valence-electron chi connectivity index (χ1n) is 2.30. The van der Waals surface area contributed by atoms with Gasteiger partial charge in [-0.3, -0.25) is 4.79 Å². The molecule has 0 aliphatic rings. The molecule has 0 bridgehead atoms. The number of carbonyl (C=O) groups is 1. The summed E-state index contributed by atoms with van der Waals surface area (Å²) in [4.78, 5) is 9.78. The summed E-state index contributed by atoms with van der Waals surface area (Å²) in [7, 11) is 0. The van der Waals surface area contributed by atoms with E-state index in [1.165, 1.54) is 0 Å². The van der Waals surface area contributed by atoms with E-state index in [4.69, 9.17) is 5.11 Å². The summed E-state index contributed by atoms with van der Waals surface area (Å²) < 4.78 is 0. The number of carboxylic acid groups (broad SMARTS) is 1. The molecule has 0 fully saturated rings. The first kappa shape index (κ1) is 12.5. The maximum atomic E-state index is 9.78. The third kappa shape index (κ3) is 12.1. The van der Waals surface area contributed by atoms with E-state index in [1.54, 1.807) is 6.08 Å². The zero-order valence-electron chi connectivity index (χ0n) is 6.55. The van der Waals surface area contributed by atoms with Gasteiger partial charge in [-0.1, -0.05) is 6.08 Å². The largest absolute Gasteiger partial charge is 1.00 e. The van der Waals surface area contributed by atoms with Crippen molar-refractivity contribution in [3.8, 4) is 0 Å². The van der Waals surface area contributed by atoms with Gasteiger partial charge in [-0.15, -0.1) is 6.58 Å². The van der Waals surface area contributed by atoms with E-state index in [1.807, 2.05) is 0 Å². The van der Waals surface area contributed by atoms with Crippen LogP contribution < -0.4 is 56.7 Å². The van der Waals surface area contributed by atoms with Crippen molar-refractivity contribution in [3.63, 3.8) is 0 Å². The van der Waals surface area contributed by atoms with Crippen molar-refractivity contribution in [2.45, 2.75) is 0 Å². The van der Waals surface area contributed by atoms with Crippen LogP contribution in [-0.4, -0.2) is 24.2 Å². The molecule has 0 unspecified atom stereocenters. The molecule has 0 saturated carbocycles. The van der Waals surface area contributed by atoms with E-state index in [9.17, 15) is 4.79 Å². The minimum atomic E-state index is -0.841. The van der Waals surface area contributed by atoms with Gasteiger partial charge in [0.15, 0.2) is 0 Å². The van der Waals surface area contributed by atoms with E-state index in [2.05, 4.69) is 11.9 Å². The smallest absolute Gasteiger partial charge is 1.00 e. The number of nitrogens with one attached hydrogen (secondary N) is 1. The summed E-state index contributed by atoms with van der Waals surface area (Å²) in [5.41, 5.74) is 0. The number of rotatable bonds is 4. The van der Waals surface area contributed by atoms with Gasteiger partial charge in [-0.05, 0) is 0 Å². The van der Waals surface area contributed by atoms with Crippen molar-refractivity contribution < 1.29 is 62.7 Å². The number of aliphatic carboxylic acids is 1. The molecule has 0 rings (SSSR count). The normalized spacial score (nSPS) is 7.56. The van der Waals surface area contributed by atoms with Crippen LogP contribution >= 0.6 is 0 Å². The molecular weight excluding hydrogens is 145 g/mol. The molecule has 0 radical (unpaired) electrons. The minimum absolute atomic E-state index is 0.